The molecule has 2 rings (SSSR count). The van der Waals surface area contributed by atoms with Crippen LogP contribution in [0.3, 0.4) is 0 Å². The molecule has 0 aliphatic carbocycles. The lowest BCUT2D eigenvalue weighted by atomic mass is 10.0. The van der Waals surface area contributed by atoms with Crippen molar-refractivity contribution in [2.24, 2.45) is 5.92 Å². The number of imidazole rings is 1. The number of aromatic nitrogens is 2. The van der Waals surface area contributed by atoms with Crippen LogP contribution in [0.5, 0.6) is 0 Å². The molecule has 19 heavy (non-hydrogen) atoms. The summed E-state index contributed by atoms with van der Waals surface area (Å²) < 4.78 is 0. The zero-order valence-electron chi connectivity index (χ0n) is 11.7. The van der Waals surface area contributed by atoms with Crippen molar-refractivity contribution in [3.63, 3.8) is 0 Å². The van der Waals surface area contributed by atoms with Gasteiger partial charge in [-0.15, -0.1) is 0 Å². The number of nitrogens with one attached hydrogen (secondary N) is 2. The lowest BCUT2D eigenvalue weighted by molar-refractivity contribution is -0.122. The number of aromatic amines is 1. The van der Waals surface area contributed by atoms with E-state index in [2.05, 4.69) is 29.1 Å². The first-order chi connectivity index (χ1) is 9.10. The highest BCUT2D eigenvalue weighted by Gasteiger charge is 2.14. The molecule has 1 amide bonds. The van der Waals surface area contributed by atoms with Crippen LogP contribution < -0.4 is 5.32 Å². The summed E-state index contributed by atoms with van der Waals surface area (Å²) in [6.07, 6.45) is 1.59. The van der Waals surface area contributed by atoms with Gasteiger partial charge in [-0.1, -0.05) is 32.4 Å². The minimum absolute atomic E-state index is 0.0855. The van der Waals surface area contributed by atoms with E-state index in [9.17, 15) is 4.79 Å². The standard InChI is InChI=1S/C15H21N3O/c1-4-10(2)9-14(19)16-11(3)15-17-12-7-5-6-8-13(12)18-15/h5-8,10-11H,4,9H2,1-3H3,(H,16,19)(H,17,18). The zero-order chi connectivity index (χ0) is 13.8. The Kier molecular flexibility index (Phi) is 4.20. The average molecular weight is 259 g/mol. The van der Waals surface area contributed by atoms with Crippen molar-refractivity contribution >= 4 is 16.9 Å². The Morgan fingerprint density at radius 3 is 2.79 bits per heavy atom. The Morgan fingerprint density at radius 1 is 1.37 bits per heavy atom. The molecule has 1 aromatic heterocycles. The number of carbonyl (C=O) groups excluding carboxylic acids is 1. The van der Waals surface area contributed by atoms with Gasteiger partial charge in [0.05, 0.1) is 17.1 Å². The van der Waals surface area contributed by atoms with Crippen molar-refractivity contribution in [1.29, 1.82) is 0 Å². The molecule has 0 aliphatic rings. The Labute approximate surface area is 113 Å². The fourth-order valence-corrected chi connectivity index (χ4v) is 2.01. The molecule has 2 N–H and O–H groups in total. The summed E-state index contributed by atoms with van der Waals surface area (Å²) in [6.45, 7) is 6.14. The number of rotatable bonds is 5. The Bertz CT molecular complexity index is 528. The molecule has 1 aromatic carbocycles. The van der Waals surface area contributed by atoms with Gasteiger partial charge in [0, 0.05) is 6.42 Å². The lowest BCUT2D eigenvalue weighted by Gasteiger charge is -2.13. The molecule has 0 spiro atoms. The van der Waals surface area contributed by atoms with E-state index in [1.165, 1.54) is 0 Å². The van der Waals surface area contributed by atoms with Crippen molar-refractivity contribution in [2.75, 3.05) is 0 Å². The second-order valence-electron chi connectivity index (χ2n) is 5.15. The highest BCUT2D eigenvalue weighted by atomic mass is 16.1. The lowest BCUT2D eigenvalue weighted by Crippen LogP contribution is -2.28. The van der Waals surface area contributed by atoms with E-state index in [1.54, 1.807) is 0 Å². The molecule has 2 atom stereocenters. The summed E-state index contributed by atoms with van der Waals surface area (Å²) >= 11 is 0. The van der Waals surface area contributed by atoms with Crippen LogP contribution in [0.4, 0.5) is 0 Å². The number of H-pyrrole nitrogens is 1. The molecule has 0 saturated heterocycles. The van der Waals surface area contributed by atoms with Gasteiger partial charge in [0.1, 0.15) is 5.82 Å². The molecule has 0 radical (unpaired) electrons. The topological polar surface area (TPSA) is 57.8 Å². The van der Waals surface area contributed by atoms with Crippen molar-refractivity contribution < 1.29 is 4.79 Å². The normalized spacial score (nSPS) is 14.3. The largest absolute Gasteiger partial charge is 0.346 e. The molecule has 0 bridgehead atoms. The van der Waals surface area contributed by atoms with Crippen LogP contribution in [0.25, 0.3) is 11.0 Å². The van der Waals surface area contributed by atoms with E-state index in [1.807, 2.05) is 31.2 Å². The fourth-order valence-electron chi connectivity index (χ4n) is 2.01. The molecule has 2 aromatic rings. The van der Waals surface area contributed by atoms with Gasteiger partial charge in [0.2, 0.25) is 5.91 Å². The van der Waals surface area contributed by atoms with Crippen LogP contribution in [-0.4, -0.2) is 15.9 Å². The van der Waals surface area contributed by atoms with Crippen molar-refractivity contribution in [2.45, 2.75) is 39.7 Å². The number of amides is 1. The van der Waals surface area contributed by atoms with Gasteiger partial charge >= 0.3 is 0 Å². The Balaban J connectivity index is 2.03. The molecular weight excluding hydrogens is 238 g/mol. The number of hydrogen-bond acceptors (Lipinski definition) is 2. The van der Waals surface area contributed by atoms with Gasteiger partial charge < -0.3 is 10.3 Å². The average Bonchev–Trinajstić information content (AvgIpc) is 2.82. The molecule has 0 saturated carbocycles. The van der Waals surface area contributed by atoms with Gasteiger partial charge in [0.25, 0.3) is 0 Å². The molecule has 4 heteroatoms. The first-order valence-corrected chi connectivity index (χ1v) is 6.84. The SMILES string of the molecule is CCC(C)CC(=O)NC(C)c1nc2ccccc2[nH]1. The van der Waals surface area contributed by atoms with Crippen LogP contribution in [0.2, 0.25) is 0 Å². The van der Waals surface area contributed by atoms with E-state index in [0.29, 0.717) is 12.3 Å². The maximum absolute atomic E-state index is 11.9. The summed E-state index contributed by atoms with van der Waals surface area (Å²) in [4.78, 5) is 19.6. The van der Waals surface area contributed by atoms with Gasteiger partial charge in [-0.2, -0.15) is 0 Å². The number of fused-ring (bicyclic) bond motifs is 1. The van der Waals surface area contributed by atoms with Crippen LogP contribution in [0, 0.1) is 5.92 Å². The van der Waals surface area contributed by atoms with E-state index in [4.69, 9.17) is 0 Å². The fraction of sp³-hybridized carbons (Fsp3) is 0.467. The zero-order valence-corrected chi connectivity index (χ0v) is 11.7. The maximum Gasteiger partial charge on any atom is 0.220 e. The van der Waals surface area contributed by atoms with Crippen LogP contribution in [-0.2, 0) is 4.79 Å². The third kappa shape index (κ3) is 3.34. The summed E-state index contributed by atoms with van der Waals surface area (Å²) in [5, 5.41) is 2.99. The first-order valence-electron chi connectivity index (χ1n) is 6.84. The van der Waals surface area contributed by atoms with Gasteiger partial charge in [0.15, 0.2) is 0 Å². The summed E-state index contributed by atoms with van der Waals surface area (Å²) in [6, 6.07) is 7.78. The van der Waals surface area contributed by atoms with Crippen LogP contribution >= 0.6 is 0 Å². The molecule has 1 heterocycles. The van der Waals surface area contributed by atoms with E-state index in [-0.39, 0.29) is 11.9 Å². The highest BCUT2D eigenvalue weighted by molar-refractivity contribution is 5.77. The number of benzene rings is 1. The molecule has 102 valence electrons. The smallest absolute Gasteiger partial charge is 0.220 e. The molecule has 4 nitrogen and oxygen atoms in total. The number of nitrogens with zero attached hydrogens (tertiary/aromatic N) is 1. The Morgan fingerprint density at radius 2 is 2.11 bits per heavy atom. The molecule has 0 fully saturated rings. The van der Waals surface area contributed by atoms with Crippen LogP contribution in [0.1, 0.15) is 45.5 Å². The third-order valence-corrected chi connectivity index (χ3v) is 3.43. The maximum atomic E-state index is 11.9. The molecule has 0 aliphatic heterocycles. The van der Waals surface area contributed by atoms with E-state index < -0.39 is 0 Å². The minimum Gasteiger partial charge on any atom is -0.346 e. The van der Waals surface area contributed by atoms with Crippen molar-refractivity contribution in [1.82, 2.24) is 15.3 Å². The predicted octanol–water partition coefficient (Wildman–Crippen LogP) is 3.18. The van der Waals surface area contributed by atoms with Gasteiger partial charge in [-0.25, -0.2) is 4.98 Å². The quantitative estimate of drug-likeness (QED) is 0.866. The minimum atomic E-state index is -0.0936. The van der Waals surface area contributed by atoms with E-state index >= 15 is 0 Å². The summed E-state index contributed by atoms with van der Waals surface area (Å²) in [5.41, 5.74) is 1.93. The second-order valence-corrected chi connectivity index (χ2v) is 5.15. The molecular formula is C15H21N3O. The monoisotopic (exact) mass is 259 g/mol. The van der Waals surface area contributed by atoms with Gasteiger partial charge in [-0.05, 0) is 25.0 Å². The van der Waals surface area contributed by atoms with Crippen molar-refractivity contribution in [3.05, 3.63) is 30.1 Å². The van der Waals surface area contributed by atoms with Gasteiger partial charge in [-0.3, -0.25) is 4.79 Å². The first kappa shape index (κ1) is 13.6. The van der Waals surface area contributed by atoms with Crippen molar-refractivity contribution in [3.8, 4) is 0 Å². The number of hydrogen-bond donors (Lipinski definition) is 2. The summed E-state index contributed by atoms with van der Waals surface area (Å²) in [7, 11) is 0. The van der Waals surface area contributed by atoms with Crippen LogP contribution in [0.15, 0.2) is 24.3 Å². The predicted molar refractivity (Wildman–Crippen MR) is 76.7 cm³/mol. The summed E-state index contributed by atoms with van der Waals surface area (Å²) in [5.74, 6) is 1.31. The Hall–Kier alpha value is -1.84. The van der Waals surface area contributed by atoms with E-state index in [0.717, 1.165) is 23.3 Å². The highest BCUT2D eigenvalue weighted by Crippen LogP contribution is 2.16. The molecule has 2 unspecified atom stereocenters. The number of carbonyl (C=O) groups is 1. The second kappa shape index (κ2) is 5.87. The third-order valence-electron chi connectivity index (χ3n) is 3.43. The number of para-hydroxylation sites is 2.